The molecule has 1 saturated heterocycles. The highest BCUT2D eigenvalue weighted by atomic mass is 35.5. The topological polar surface area (TPSA) is 32.8 Å². The molecule has 4 rings (SSSR count). The van der Waals surface area contributed by atoms with E-state index in [-0.39, 0.29) is 17.7 Å². The molecule has 0 spiro atoms. The first-order chi connectivity index (χ1) is 16.8. The van der Waals surface area contributed by atoms with Gasteiger partial charge in [-0.15, -0.1) is 0 Å². The van der Waals surface area contributed by atoms with Gasteiger partial charge in [-0.05, 0) is 48.0 Å². The summed E-state index contributed by atoms with van der Waals surface area (Å²) in [6.07, 6.45) is -0.519. The molecule has 0 aromatic heterocycles. The van der Waals surface area contributed by atoms with Crippen molar-refractivity contribution < 1.29 is 27.1 Å². The average molecular weight is 507 g/mol. The van der Waals surface area contributed by atoms with E-state index in [4.69, 9.17) is 16.3 Å². The van der Waals surface area contributed by atoms with Crippen LogP contribution in [0.4, 0.5) is 17.6 Å². The predicted octanol–water partition coefficient (Wildman–Crippen LogP) is 5.61. The molecule has 1 heterocycles. The van der Waals surface area contributed by atoms with E-state index >= 15 is 0 Å². The van der Waals surface area contributed by atoms with Crippen LogP contribution in [0, 0.1) is 23.3 Å². The van der Waals surface area contributed by atoms with Crippen LogP contribution in [0.25, 0.3) is 0 Å². The van der Waals surface area contributed by atoms with Gasteiger partial charge < -0.3 is 9.64 Å². The fourth-order valence-electron chi connectivity index (χ4n) is 3.99. The zero-order valence-corrected chi connectivity index (χ0v) is 19.5. The number of amides is 1. The number of nitrogens with zero attached hydrogens (tertiary/aromatic N) is 2. The Balaban J connectivity index is 1.42. The van der Waals surface area contributed by atoms with Crippen molar-refractivity contribution in [2.24, 2.45) is 0 Å². The molecule has 0 bridgehead atoms. The number of rotatable bonds is 7. The molecule has 0 N–H and O–H groups in total. The first-order valence-electron chi connectivity index (χ1n) is 11.1. The smallest absolute Gasteiger partial charge is 0.257 e. The van der Waals surface area contributed by atoms with Gasteiger partial charge in [-0.25, -0.2) is 17.6 Å². The molecule has 0 aliphatic carbocycles. The molecule has 1 aliphatic rings. The number of hydrogen-bond acceptors (Lipinski definition) is 3. The van der Waals surface area contributed by atoms with Crippen molar-refractivity contribution in [1.82, 2.24) is 9.80 Å². The van der Waals surface area contributed by atoms with E-state index in [1.807, 2.05) is 4.90 Å². The number of carbonyl (C=O) groups is 1. The predicted molar refractivity (Wildman–Crippen MR) is 124 cm³/mol. The summed E-state index contributed by atoms with van der Waals surface area (Å²) in [6.45, 7) is 1.68. The quantitative estimate of drug-likeness (QED) is 0.390. The third kappa shape index (κ3) is 6.20. The maximum absolute atomic E-state index is 14.1. The first kappa shape index (κ1) is 25.2. The highest BCUT2D eigenvalue weighted by Crippen LogP contribution is 2.25. The second-order valence-electron chi connectivity index (χ2n) is 8.27. The monoisotopic (exact) mass is 506 g/mol. The Kier molecular flexibility index (Phi) is 8.05. The largest absolute Gasteiger partial charge is 0.367 e. The number of halogens is 5. The van der Waals surface area contributed by atoms with Crippen LogP contribution in [0.5, 0.6) is 0 Å². The minimum absolute atomic E-state index is 0.154. The van der Waals surface area contributed by atoms with Gasteiger partial charge >= 0.3 is 0 Å². The van der Waals surface area contributed by atoms with Gasteiger partial charge in [0.25, 0.3) is 5.91 Å². The molecule has 1 amide bonds. The zero-order valence-electron chi connectivity index (χ0n) is 18.7. The van der Waals surface area contributed by atoms with Crippen LogP contribution < -0.4 is 0 Å². The molecular weight excluding hydrogens is 484 g/mol. The molecule has 1 unspecified atom stereocenters. The molecule has 9 heteroatoms. The van der Waals surface area contributed by atoms with Gasteiger partial charge in [0.2, 0.25) is 0 Å². The van der Waals surface area contributed by atoms with Crippen molar-refractivity contribution >= 4 is 17.5 Å². The lowest BCUT2D eigenvalue weighted by atomic mass is 10.1. The molecular formula is C26H23ClF4N2O2. The normalized spacial score (nSPS) is 15.3. The van der Waals surface area contributed by atoms with Gasteiger partial charge in [-0.3, -0.25) is 9.69 Å². The van der Waals surface area contributed by atoms with Crippen LogP contribution in [-0.2, 0) is 11.3 Å². The fourth-order valence-corrected chi connectivity index (χ4v) is 4.11. The van der Waals surface area contributed by atoms with Crippen molar-refractivity contribution in [3.8, 4) is 0 Å². The van der Waals surface area contributed by atoms with E-state index in [0.29, 0.717) is 37.7 Å². The number of hydrogen-bond donors (Lipinski definition) is 0. The number of ether oxygens (including phenoxy) is 1. The summed E-state index contributed by atoms with van der Waals surface area (Å²) in [5.74, 6) is -3.38. The molecule has 0 saturated carbocycles. The Morgan fingerprint density at radius 1 is 0.886 bits per heavy atom. The Morgan fingerprint density at radius 2 is 1.54 bits per heavy atom. The van der Waals surface area contributed by atoms with E-state index in [1.54, 1.807) is 24.3 Å². The molecule has 1 atom stereocenters. The maximum atomic E-state index is 14.1. The van der Waals surface area contributed by atoms with Crippen molar-refractivity contribution in [2.75, 3.05) is 32.7 Å². The van der Waals surface area contributed by atoms with Crippen LogP contribution in [0.15, 0.2) is 60.7 Å². The Hall–Kier alpha value is -2.94. The summed E-state index contributed by atoms with van der Waals surface area (Å²) >= 11 is 6.00. The summed E-state index contributed by atoms with van der Waals surface area (Å²) in [5, 5.41) is 0.546. The SMILES string of the molecule is O=C(c1cc(F)ccc1F)N1CCN(CC(OCc2c(F)cccc2F)c2ccc(Cl)cc2)CC1. The van der Waals surface area contributed by atoms with Crippen molar-refractivity contribution in [2.45, 2.75) is 12.7 Å². The summed E-state index contributed by atoms with van der Waals surface area (Å²) < 4.78 is 61.7. The molecule has 1 fully saturated rings. The van der Waals surface area contributed by atoms with Crippen LogP contribution in [-0.4, -0.2) is 48.4 Å². The van der Waals surface area contributed by atoms with Gasteiger partial charge in [-0.1, -0.05) is 29.8 Å². The molecule has 4 nitrogen and oxygen atoms in total. The summed E-state index contributed by atoms with van der Waals surface area (Å²) in [6, 6.07) is 13.4. The first-order valence-corrected chi connectivity index (χ1v) is 11.5. The summed E-state index contributed by atoms with van der Waals surface area (Å²) in [7, 11) is 0. The number of piperazine rings is 1. The molecule has 184 valence electrons. The third-order valence-electron chi connectivity index (χ3n) is 5.97. The molecule has 3 aromatic rings. The van der Waals surface area contributed by atoms with E-state index in [0.717, 1.165) is 23.8 Å². The van der Waals surface area contributed by atoms with Crippen molar-refractivity contribution in [3.63, 3.8) is 0 Å². The lowest BCUT2D eigenvalue weighted by Crippen LogP contribution is -2.49. The molecule has 35 heavy (non-hydrogen) atoms. The van der Waals surface area contributed by atoms with Gasteiger partial charge in [-0.2, -0.15) is 0 Å². The van der Waals surface area contributed by atoms with Gasteiger partial charge in [0.15, 0.2) is 0 Å². The summed E-state index contributed by atoms with van der Waals surface area (Å²) in [5.41, 5.74) is 0.332. The van der Waals surface area contributed by atoms with Crippen molar-refractivity contribution in [1.29, 1.82) is 0 Å². The Morgan fingerprint density at radius 3 is 2.20 bits per heavy atom. The van der Waals surface area contributed by atoms with E-state index in [1.165, 1.54) is 23.1 Å². The Labute approximate surface area is 205 Å². The molecule has 3 aromatic carbocycles. The lowest BCUT2D eigenvalue weighted by Gasteiger charge is -2.36. The highest BCUT2D eigenvalue weighted by molar-refractivity contribution is 6.30. The van der Waals surface area contributed by atoms with Crippen LogP contribution in [0.3, 0.4) is 0 Å². The minimum Gasteiger partial charge on any atom is -0.367 e. The second kappa shape index (κ2) is 11.2. The summed E-state index contributed by atoms with van der Waals surface area (Å²) in [4.78, 5) is 16.2. The fraction of sp³-hybridized carbons (Fsp3) is 0.269. The maximum Gasteiger partial charge on any atom is 0.257 e. The van der Waals surface area contributed by atoms with Gasteiger partial charge in [0, 0.05) is 43.3 Å². The molecule has 1 aliphatic heterocycles. The Bertz CT molecular complexity index is 1160. The van der Waals surface area contributed by atoms with Gasteiger partial charge in [0.05, 0.1) is 18.3 Å². The lowest BCUT2D eigenvalue weighted by molar-refractivity contribution is 0.00140. The standard InChI is InChI=1S/C26H23ClF4N2O2/c27-18-6-4-17(5-7-18)25(35-16-21-22(29)2-1-3-23(21)30)15-32-10-12-33(13-11-32)26(34)20-14-19(28)8-9-24(20)31/h1-9,14,25H,10-13,15-16H2. The van der Waals surface area contributed by atoms with Crippen LogP contribution >= 0.6 is 11.6 Å². The minimum atomic E-state index is -0.768. The average Bonchev–Trinajstić information content (AvgIpc) is 2.85. The van der Waals surface area contributed by atoms with Gasteiger partial charge in [0.1, 0.15) is 23.3 Å². The number of carbonyl (C=O) groups excluding carboxylic acids is 1. The third-order valence-corrected chi connectivity index (χ3v) is 6.23. The van der Waals surface area contributed by atoms with E-state index in [9.17, 15) is 22.4 Å². The highest BCUT2D eigenvalue weighted by Gasteiger charge is 2.27. The number of benzene rings is 3. The zero-order chi connectivity index (χ0) is 24.9. The second-order valence-corrected chi connectivity index (χ2v) is 8.70. The van der Waals surface area contributed by atoms with Crippen LogP contribution in [0.2, 0.25) is 5.02 Å². The molecule has 0 radical (unpaired) electrons. The van der Waals surface area contributed by atoms with E-state index in [2.05, 4.69) is 0 Å². The van der Waals surface area contributed by atoms with E-state index < -0.39 is 35.3 Å². The van der Waals surface area contributed by atoms with Crippen LogP contribution in [0.1, 0.15) is 27.6 Å². The van der Waals surface area contributed by atoms with Crippen molar-refractivity contribution in [3.05, 3.63) is 106 Å².